The number of hydrogen-bond acceptors (Lipinski definition) is 1. The van der Waals surface area contributed by atoms with Crippen LogP contribution in [0.2, 0.25) is 0 Å². The van der Waals surface area contributed by atoms with E-state index in [4.69, 9.17) is 0 Å². The van der Waals surface area contributed by atoms with Gasteiger partial charge in [-0.3, -0.25) is 0 Å². The Morgan fingerprint density at radius 3 is 1.69 bits per heavy atom. The van der Waals surface area contributed by atoms with E-state index in [1.54, 1.807) is 16.9 Å². The molecule has 29 heavy (non-hydrogen) atoms. The Hall–Kier alpha value is -1.34. The first-order valence-corrected chi connectivity index (χ1v) is 12.4. The first-order valence-electron chi connectivity index (χ1n) is 11.5. The summed E-state index contributed by atoms with van der Waals surface area (Å²) in [6, 6.07) is 2.24. The quantitative estimate of drug-likeness (QED) is 0.267. The molecular weight excluding hydrogens is 368 g/mol. The van der Waals surface area contributed by atoms with Crippen LogP contribution in [0.1, 0.15) is 98.5 Å². The molecule has 0 aliphatic heterocycles. The van der Waals surface area contributed by atoms with E-state index >= 15 is 0 Å². The summed E-state index contributed by atoms with van der Waals surface area (Å²) in [6.45, 7) is 13.7. The molecule has 0 nitrogen and oxygen atoms in total. The maximum atomic E-state index is 2.44. The molecule has 0 spiro atoms. The van der Waals surface area contributed by atoms with Gasteiger partial charge in [-0.2, -0.15) is 11.3 Å². The Labute approximate surface area is 185 Å². The molecule has 0 bridgehead atoms. The van der Waals surface area contributed by atoms with Crippen molar-refractivity contribution in [3.05, 3.63) is 69.0 Å². The highest BCUT2D eigenvalue weighted by molar-refractivity contribution is 7.07. The second-order valence-electron chi connectivity index (χ2n) is 9.09. The lowest BCUT2D eigenvalue weighted by atomic mass is 10.0. The summed E-state index contributed by atoms with van der Waals surface area (Å²) in [6.07, 6.45) is 20.4. The van der Waals surface area contributed by atoms with Crippen LogP contribution >= 0.6 is 11.3 Å². The van der Waals surface area contributed by atoms with E-state index in [2.05, 4.69) is 82.7 Å². The second kappa shape index (κ2) is 15.5. The summed E-state index contributed by atoms with van der Waals surface area (Å²) in [5, 5.41) is 4.43. The largest absolute Gasteiger partial charge is 0.152 e. The van der Waals surface area contributed by atoms with Crippen molar-refractivity contribution in [2.75, 3.05) is 0 Å². The molecular formula is C28H44S. The van der Waals surface area contributed by atoms with Crippen LogP contribution in [0.3, 0.4) is 0 Å². The van der Waals surface area contributed by atoms with Gasteiger partial charge in [0.15, 0.2) is 0 Å². The topological polar surface area (TPSA) is 0 Å². The van der Waals surface area contributed by atoms with E-state index in [1.807, 2.05) is 0 Å². The third-order valence-corrected chi connectivity index (χ3v) is 6.06. The van der Waals surface area contributed by atoms with Gasteiger partial charge >= 0.3 is 0 Å². The van der Waals surface area contributed by atoms with Crippen molar-refractivity contribution in [2.24, 2.45) is 5.92 Å². The molecule has 0 atom stereocenters. The molecule has 1 rings (SSSR count). The molecule has 0 aliphatic carbocycles. The number of thiophene rings is 1. The van der Waals surface area contributed by atoms with E-state index in [9.17, 15) is 0 Å². The monoisotopic (exact) mass is 412 g/mol. The van der Waals surface area contributed by atoms with Crippen molar-refractivity contribution in [2.45, 2.75) is 99.3 Å². The number of hydrogen-bond donors (Lipinski definition) is 0. The third-order valence-electron chi connectivity index (χ3n) is 5.33. The summed E-state index contributed by atoms with van der Waals surface area (Å²) in [5.41, 5.74) is 7.62. The van der Waals surface area contributed by atoms with Crippen LogP contribution in [0.25, 0.3) is 0 Å². The first kappa shape index (κ1) is 25.7. The van der Waals surface area contributed by atoms with Gasteiger partial charge in [-0.1, -0.05) is 60.4 Å². The van der Waals surface area contributed by atoms with Gasteiger partial charge in [0.05, 0.1) is 0 Å². The van der Waals surface area contributed by atoms with Crippen LogP contribution in [0.5, 0.6) is 0 Å². The van der Waals surface area contributed by atoms with Gasteiger partial charge in [-0.25, -0.2) is 0 Å². The summed E-state index contributed by atoms with van der Waals surface area (Å²) < 4.78 is 0. The Morgan fingerprint density at radius 1 is 0.759 bits per heavy atom. The van der Waals surface area contributed by atoms with Gasteiger partial charge in [0, 0.05) is 0 Å². The summed E-state index contributed by atoms with van der Waals surface area (Å²) in [5.74, 6) is 0.767. The summed E-state index contributed by atoms with van der Waals surface area (Å²) >= 11 is 1.80. The van der Waals surface area contributed by atoms with E-state index in [-0.39, 0.29) is 0 Å². The highest BCUT2D eigenvalue weighted by Crippen LogP contribution is 2.16. The fourth-order valence-electron chi connectivity index (χ4n) is 3.59. The normalized spacial score (nSPS) is 14.2. The molecule has 0 saturated heterocycles. The fraction of sp³-hybridized carbons (Fsp3) is 0.571. The number of allylic oxidation sites excluding steroid dienone is 8. The number of aryl methyl sites for hydroxylation is 1. The molecule has 0 aromatic carbocycles. The van der Waals surface area contributed by atoms with Gasteiger partial charge in [-0.05, 0) is 114 Å². The first-order chi connectivity index (χ1) is 13.9. The van der Waals surface area contributed by atoms with Crippen molar-refractivity contribution in [1.29, 1.82) is 0 Å². The molecule has 1 heterocycles. The lowest BCUT2D eigenvalue weighted by Gasteiger charge is -2.05. The Balaban J connectivity index is 2.19. The molecule has 0 fully saturated rings. The SMILES string of the molecule is C/C(=C\CC/C(C)=C/CCc1ccsc1)CC/C=C(\C)CC/C=C(\C)CC(C)C. The molecule has 0 N–H and O–H groups in total. The van der Waals surface area contributed by atoms with Gasteiger partial charge in [-0.15, -0.1) is 0 Å². The van der Waals surface area contributed by atoms with E-state index in [0.717, 1.165) is 5.92 Å². The van der Waals surface area contributed by atoms with Crippen LogP contribution in [0, 0.1) is 5.92 Å². The van der Waals surface area contributed by atoms with Gasteiger partial charge < -0.3 is 0 Å². The summed E-state index contributed by atoms with van der Waals surface area (Å²) in [4.78, 5) is 0. The standard InChI is InChI=1S/C28H44S/c1-23(2)21-27(6)17-9-15-25(4)13-7-11-24(3)12-8-14-26(5)16-10-18-28-19-20-29-22-28/h12-13,16-17,19-20,22-23H,7-11,14-15,18,21H2,1-6H3/b24-12+,25-13+,26-16+,27-17+. The minimum atomic E-state index is 0.767. The van der Waals surface area contributed by atoms with Crippen LogP contribution < -0.4 is 0 Å². The zero-order valence-electron chi connectivity index (χ0n) is 19.9. The van der Waals surface area contributed by atoms with Gasteiger partial charge in [0.1, 0.15) is 0 Å². The summed E-state index contributed by atoms with van der Waals surface area (Å²) in [7, 11) is 0. The molecule has 1 heteroatoms. The highest BCUT2D eigenvalue weighted by atomic mass is 32.1. The van der Waals surface area contributed by atoms with Gasteiger partial charge in [0.2, 0.25) is 0 Å². The average molecular weight is 413 g/mol. The lowest BCUT2D eigenvalue weighted by Crippen LogP contribution is -1.88. The zero-order valence-corrected chi connectivity index (χ0v) is 20.7. The maximum Gasteiger partial charge on any atom is -0.00611 e. The molecule has 1 aromatic heterocycles. The Bertz CT molecular complexity index is 665. The minimum absolute atomic E-state index is 0.767. The smallest absolute Gasteiger partial charge is 0.00611 e. The van der Waals surface area contributed by atoms with Crippen molar-refractivity contribution >= 4 is 11.3 Å². The highest BCUT2D eigenvalue weighted by Gasteiger charge is 1.97. The molecule has 162 valence electrons. The number of rotatable bonds is 14. The third kappa shape index (κ3) is 14.3. The zero-order chi connectivity index (χ0) is 21.5. The van der Waals surface area contributed by atoms with Crippen LogP contribution in [-0.4, -0.2) is 0 Å². The molecule has 0 radical (unpaired) electrons. The molecule has 1 aromatic rings. The predicted molar refractivity (Wildman–Crippen MR) is 135 cm³/mol. The average Bonchev–Trinajstić information content (AvgIpc) is 3.14. The molecule has 0 amide bonds. The molecule has 0 unspecified atom stereocenters. The van der Waals surface area contributed by atoms with Crippen LogP contribution in [0.4, 0.5) is 0 Å². The molecule has 0 saturated carbocycles. The maximum absolute atomic E-state index is 2.44. The van der Waals surface area contributed by atoms with E-state index in [1.165, 1.54) is 80.1 Å². The van der Waals surface area contributed by atoms with Crippen LogP contribution in [-0.2, 0) is 6.42 Å². The van der Waals surface area contributed by atoms with E-state index in [0.29, 0.717) is 0 Å². The van der Waals surface area contributed by atoms with Crippen molar-refractivity contribution in [3.8, 4) is 0 Å². The Kier molecular flexibility index (Phi) is 13.7. The van der Waals surface area contributed by atoms with Crippen molar-refractivity contribution < 1.29 is 0 Å². The minimum Gasteiger partial charge on any atom is -0.152 e. The van der Waals surface area contributed by atoms with Crippen LogP contribution in [0.15, 0.2) is 63.4 Å². The Morgan fingerprint density at radius 2 is 1.24 bits per heavy atom. The predicted octanol–water partition coefficient (Wildman–Crippen LogP) is 9.85. The fourth-order valence-corrected chi connectivity index (χ4v) is 4.30. The second-order valence-corrected chi connectivity index (χ2v) is 9.87. The van der Waals surface area contributed by atoms with Gasteiger partial charge in [0.25, 0.3) is 0 Å². The van der Waals surface area contributed by atoms with Crippen molar-refractivity contribution in [3.63, 3.8) is 0 Å². The lowest BCUT2D eigenvalue weighted by molar-refractivity contribution is 0.640. The molecule has 0 aliphatic rings. The van der Waals surface area contributed by atoms with E-state index < -0.39 is 0 Å². The van der Waals surface area contributed by atoms with Crippen molar-refractivity contribution in [1.82, 2.24) is 0 Å².